The number of nitrogens with zero attached hydrogens (tertiary/aromatic N) is 1. The number of hydrogen-bond acceptors (Lipinski definition) is 1. The molecule has 0 bridgehead atoms. The zero-order valence-corrected chi connectivity index (χ0v) is 11.6. The zero-order chi connectivity index (χ0) is 12.2. The third kappa shape index (κ3) is 8.23. The molecule has 1 heterocycles. The van der Waals surface area contributed by atoms with Gasteiger partial charge in [-0.2, -0.15) is 0 Å². The van der Waals surface area contributed by atoms with Gasteiger partial charge in [0.25, 0.3) is 0 Å². The van der Waals surface area contributed by atoms with Crippen LogP contribution in [-0.4, -0.2) is 30.7 Å². The van der Waals surface area contributed by atoms with Crippen LogP contribution in [0, 0.1) is 0 Å². The lowest BCUT2D eigenvalue weighted by atomic mass is 10.1. The highest BCUT2D eigenvalue weighted by molar-refractivity contribution is 5.40. The molecule has 0 aliphatic carbocycles. The van der Waals surface area contributed by atoms with Crippen LogP contribution in [0.15, 0.2) is 0 Å². The molecule has 0 aromatic heterocycles. The van der Waals surface area contributed by atoms with Gasteiger partial charge in [-0.3, -0.25) is 0 Å². The molecule has 0 atom stereocenters. The van der Waals surface area contributed by atoms with Crippen LogP contribution in [0.4, 0.5) is 0 Å². The van der Waals surface area contributed by atoms with Crippen molar-refractivity contribution in [3.8, 4) is 0 Å². The van der Waals surface area contributed by atoms with Crippen molar-refractivity contribution in [3.63, 3.8) is 0 Å². The lowest BCUT2D eigenvalue weighted by molar-refractivity contribution is -0.514. The van der Waals surface area contributed by atoms with Gasteiger partial charge in [0.05, 0.1) is 0 Å². The molecule has 0 N–H and O–H groups in total. The van der Waals surface area contributed by atoms with Gasteiger partial charge in [-0.1, -0.05) is 58.3 Å². The highest BCUT2D eigenvalue weighted by Crippen LogP contribution is 2.10. The molecule has 0 unspecified atom stereocenters. The van der Waals surface area contributed by atoms with E-state index in [0.717, 1.165) is 13.2 Å². The SMILES string of the molecule is CCCCCCCCCCCC[N+]1=COCC1. The Bertz CT molecular complexity index is 201. The first kappa shape index (κ1) is 14.5. The van der Waals surface area contributed by atoms with Gasteiger partial charge in [-0.25, -0.2) is 4.58 Å². The van der Waals surface area contributed by atoms with Crippen molar-refractivity contribution in [3.05, 3.63) is 0 Å². The Labute approximate surface area is 107 Å². The van der Waals surface area contributed by atoms with Crippen LogP contribution < -0.4 is 0 Å². The van der Waals surface area contributed by atoms with E-state index in [2.05, 4.69) is 11.5 Å². The summed E-state index contributed by atoms with van der Waals surface area (Å²) in [6.07, 6.45) is 16.1. The monoisotopic (exact) mass is 240 g/mol. The Balaban J connectivity index is 1.72. The van der Waals surface area contributed by atoms with Crippen LogP contribution >= 0.6 is 0 Å². The summed E-state index contributed by atoms with van der Waals surface area (Å²) < 4.78 is 7.50. The van der Waals surface area contributed by atoms with Crippen LogP contribution in [0.5, 0.6) is 0 Å². The first-order valence-corrected chi connectivity index (χ1v) is 7.62. The molecule has 1 aliphatic heterocycles. The molecule has 0 fully saturated rings. The average Bonchev–Trinajstić information content (AvgIpc) is 2.85. The van der Waals surface area contributed by atoms with Crippen molar-refractivity contribution >= 4 is 6.40 Å². The Hall–Kier alpha value is -0.530. The van der Waals surface area contributed by atoms with Crippen molar-refractivity contribution in [2.45, 2.75) is 71.1 Å². The van der Waals surface area contributed by atoms with E-state index in [1.807, 2.05) is 6.40 Å². The van der Waals surface area contributed by atoms with Crippen molar-refractivity contribution in [2.75, 3.05) is 19.7 Å². The van der Waals surface area contributed by atoms with Crippen LogP contribution in [0.3, 0.4) is 0 Å². The second-order valence-electron chi connectivity index (χ2n) is 5.19. The van der Waals surface area contributed by atoms with Crippen LogP contribution in [0.25, 0.3) is 0 Å². The van der Waals surface area contributed by atoms with Gasteiger partial charge in [0.1, 0.15) is 6.54 Å². The van der Waals surface area contributed by atoms with Gasteiger partial charge < -0.3 is 4.74 Å². The lowest BCUT2D eigenvalue weighted by Crippen LogP contribution is -2.11. The van der Waals surface area contributed by atoms with Crippen LogP contribution in [-0.2, 0) is 4.74 Å². The van der Waals surface area contributed by atoms with Crippen molar-refractivity contribution in [1.29, 1.82) is 0 Å². The minimum Gasteiger partial charge on any atom is -0.444 e. The molecule has 0 saturated carbocycles. The topological polar surface area (TPSA) is 12.2 Å². The Morgan fingerprint density at radius 1 is 0.882 bits per heavy atom. The maximum Gasteiger partial charge on any atom is 0.324 e. The molecule has 0 radical (unpaired) electrons. The number of rotatable bonds is 11. The second kappa shape index (κ2) is 10.6. The quantitative estimate of drug-likeness (QED) is 0.393. The second-order valence-corrected chi connectivity index (χ2v) is 5.19. The van der Waals surface area contributed by atoms with E-state index < -0.39 is 0 Å². The van der Waals surface area contributed by atoms with Gasteiger partial charge in [0, 0.05) is 6.42 Å². The largest absolute Gasteiger partial charge is 0.444 e. The predicted molar refractivity (Wildman–Crippen MR) is 73.9 cm³/mol. The minimum absolute atomic E-state index is 0.887. The third-order valence-corrected chi connectivity index (χ3v) is 3.52. The number of ether oxygens (including phenoxy) is 1. The fraction of sp³-hybridized carbons (Fsp3) is 0.933. The van der Waals surface area contributed by atoms with E-state index in [1.165, 1.54) is 70.8 Å². The van der Waals surface area contributed by atoms with E-state index >= 15 is 0 Å². The van der Waals surface area contributed by atoms with Crippen LogP contribution in [0.1, 0.15) is 71.1 Å². The molecule has 1 aliphatic rings. The normalized spacial score (nSPS) is 14.8. The maximum atomic E-state index is 5.20. The van der Waals surface area contributed by atoms with Crippen molar-refractivity contribution in [2.24, 2.45) is 0 Å². The van der Waals surface area contributed by atoms with E-state index in [4.69, 9.17) is 4.74 Å². The van der Waals surface area contributed by atoms with Gasteiger partial charge in [-0.15, -0.1) is 0 Å². The van der Waals surface area contributed by atoms with Crippen molar-refractivity contribution in [1.82, 2.24) is 0 Å². The smallest absolute Gasteiger partial charge is 0.324 e. The van der Waals surface area contributed by atoms with Gasteiger partial charge in [0.2, 0.25) is 0 Å². The summed E-state index contributed by atoms with van der Waals surface area (Å²) >= 11 is 0. The maximum absolute atomic E-state index is 5.20. The number of unbranched alkanes of at least 4 members (excludes halogenated alkanes) is 9. The van der Waals surface area contributed by atoms with E-state index in [1.54, 1.807) is 0 Å². The lowest BCUT2D eigenvalue weighted by Gasteiger charge is -2.01. The van der Waals surface area contributed by atoms with Crippen LogP contribution in [0.2, 0.25) is 0 Å². The van der Waals surface area contributed by atoms with Crippen molar-refractivity contribution < 1.29 is 9.31 Å². The van der Waals surface area contributed by atoms with Gasteiger partial charge in [-0.05, 0) is 6.42 Å². The molecular formula is C15H30NO+. The molecule has 0 amide bonds. The fourth-order valence-corrected chi connectivity index (χ4v) is 2.35. The molecule has 17 heavy (non-hydrogen) atoms. The zero-order valence-electron chi connectivity index (χ0n) is 11.6. The van der Waals surface area contributed by atoms with E-state index in [0.29, 0.717) is 0 Å². The molecule has 100 valence electrons. The van der Waals surface area contributed by atoms with Gasteiger partial charge >= 0.3 is 6.40 Å². The summed E-state index contributed by atoms with van der Waals surface area (Å²) in [5, 5.41) is 0. The summed E-state index contributed by atoms with van der Waals surface area (Å²) in [5.41, 5.74) is 0. The molecule has 2 nitrogen and oxygen atoms in total. The highest BCUT2D eigenvalue weighted by Gasteiger charge is 2.10. The molecule has 0 spiro atoms. The molecule has 0 aromatic rings. The third-order valence-electron chi connectivity index (χ3n) is 3.52. The minimum atomic E-state index is 0.887. The Kier molecular flexibility index (Phi) is 9.07. The molecular weight excluding hydrogens is 210 g/mol. The molecule has 1 rings (SSSR count). The summed E-state index contributed by atoms with van der Waals surface area (Å²) in [4.78, 5) is 0. The molecule has 2 heteroatoms. The summed E-state index contributed by atoms with van der Waals surface area (Å²) in [6.45, 7) is 5.45. The molecule has 0 saturated heterocycles. The summed E-state index contributed by atoms with van der Waals surface area (Å²) in [5.74, 6) is 0. The number of hydrogen-bond donors (Lipinski definition) is 0. The Morgan fingerprint density at radius 2 is 1.47 bits per heavy atom. The standard InChI is InChI=1S/C15H30NO/c1-2-3-4-5-6-7-8-9-10-11-12-16-13-14-17-15-16/h15H,2-14H2,1H3/q+1. The van der Waals surface area contributed by atoms with E-state index in [-0.39, 0.29) is 0 Å². The van der Waals surface area contributed by atoms with Gasteiger partial charge in [0.15, 0.2) is 13.2 Å². The van der Waals surface area contributed by atoms with E-state index in [9.17, 15) is 0 Å². The first-order valence-electron chi connectivity index (χ1n) is 7.62. The first-order chi connectivity index (χ1) is 8.43. The predicted octanol–water partition coefficient (Wildman–Crippen LogP) is 3.98. The fourth-order valence-electron chi connectivity index (χ4n) is 2.35. The Morgan fingerprint density at radius 3 is 2.00 bits per heavy atom. The highest BCUT2D eigenvalue weighted by atomic mass is 16.5. The summed E-state index contributed by atoms with van der Waals surface area (Å²) in [6, 6.07) is 0. The summed E-state index contributed by atoms with van der Waals surface area (Å²) in [7, 11) is 0. The average molecular weight is 240 g/mol. The molecule has 0 aromatic carbocycles.